The number of rotatable bonds is 6. The molecule has 0 aromatic carbocycles. The highest BCUT2D eigenvalue weighted by Gasteiger charge is 2.02. The van der Waals surface area contributed by atoms with E-state index in [-0.39, 0.29) is 0 Å². The number of pyridine rings is 1. The number of hydrogen-bond acceptors (Lipinski definition) is 3. The number of aromatic nitrogens is 1. The lowest BCUT2D eigenvalue weighted by Crippen LogP contribution is -2.21. The average molecular weight is 210 g/mol. The second-order valence-electron chi connectivity index (χ2n) is 3.39. The van der Waals surface area contributed by atoms with Gasteiger partial charge in [-0.2, -0.15) is 0 Å². The molecule has 2 nitrogen and oxygen atoms in total. The van der Waals surface area contributed by atoms with Crippen molar-refractivity contribution in [2.75, 3.05) is 18.8 Å². The van der Waals surface area contributed by atoms with Crippen LogP contribution in [0.25, 0.3) is 0 Å². The zero-order chi connectivity index (χ0) is 10.2. The van der Waals surface area contributed by atoms with Crippen molar-refractivity contribution in [2.45, 2.75) is 18.9 Å². The van der Waals surface area contributed by atoms with E-state index in [0.29, 0.717) is 5.92 Å². The lowest BCUT2D eigenvalue weighted by Gasteiger charge is -2.10. The van der Waals surface area contributed by atoms with Crippen LogP contribution in [0.15, 0.2) is 29.4 Å². The largest absolute Gasteiger partial charge is 0.317 e. The van der Waals surface area contributed by atoms with Crippen molar-refractivity contribution in [3.8, 4) is 0 Å². The summed E-state index contributed by atoms with van der Waals surface area (Å²) in [5.74, 6) is 1.83. The fraction of sp³-hybridized carbons (Fsp3) is 0.545. The van der Waals surface area contributed by atoms with Crippen LogP contribution in [0.3, 0.4) is 0 Å². The van der Waals surface area contributed by atoms with Crippen molar-refractivity contribution >= 4 is 11.8 Å². The minimum atomic E-state index is 0.696. The normalized spacial score (nSPS) is 12.7. The van der Waals surface area contributed by atoms with Crippen LogP contribution < -0.4 is 5.32 Å². The van der Waals surface area contributed by atoms with E-state index in [1.54, 1.807) is 0 Å². The molecule has 78 valence electrons. The molecule has 0 aliphatic heterocycles. The summed E-state index contributed by atoms with van der Waals surface area (Å²) in [6.07, 6.45) is 1.84. The molecule has 1 aromatic rings. The van der Waals surface area contributed by atoms with Crippen LogP contribution in [-0.4, -0.2) is 23.8 Å². The van der Waals surface area contributed by atoms with Gasteiger partial charge in [-0.3, -0.25) is 0 Å². The lowest BCUT2D eigenvalue weighted by atomic mass is 10.2. The maximum Gasteiger partial charge on any atom is 0.0959 e. The fourth-order valence-electron chi connectivity index (χ4n) is 1.11. The van der Waals surface area contributed by atoms with Gasteiger partial charge in [0.1, 0.15) is 0 Å². The minimum Gasteiger partial charge on any atom is -0.317 e. The predicted molar refractivity (Wildman–Crippen MR) is 62.7 cm³/mol. The quantitative estimate of drug-likeness (QED) is 0.730. The first-order chi connectivity index (χ1) is 6.83. The highest BCUT2D eigenvalue weighted by molar-refractivity contribution is 7.99. The first kappa shape index (κ1) is 11.5. The van der Waals surface area contributed by atoms with Gasteiger partial charge in [0.2, 0.25) is 0 Å². The summed E-state index contributed by atoms with van der Waals surface area (Å²) in [5, 5.41) is 4.47. The average Bonchev–Trinajstić information content (AvgIpc) is 2.25. The zero-order valence-corrected chi connectivity index (χ0v) is 9.68. The molecule has 1 unspecified atom stereocenters. The number of nitrogens with zero attached hydrogens (tertiary/aromatic N) is 1. The molecular formula is C11H18N2S. The zero-order valence-electron chi connectivity index (χ0n) is 8.86. The van der Waals surface area contributed by atoms with Gasteiger partial charge < -0.3 is 5.32 Å². The molecule has 0 aliphatic rings. The third-order valence-electron chi connectivity index (χ3n) is 1.90. The third-order valence-corrected chi connectivity index (χ3v) is 3.17. The summed E-state index contributed by atoms with van der Waals surface area (Å²) in [6.45, 7) is 6.55. The molecule has 0 amide bonds. The molecule has 3 heteroatoms. The predicted octanol–water partition coefficient (Wildman–Crippen LogP) is 2.42. The highest BCUT2D eigenvalue weighted by Crippen LogP contribution is 2.17. The summed E-state index contributed by atoms with van der Waals surface area (Å²) in [7, 11) is 0. The highest BCUT2D eigenvalue weighted by atomic mass is 32.2. The van der Waals surface area contributed by atoms with Crippen LogP contribution >= 0.6 is 11.8 Å². The van der Waals surface area contributed by atoms with E-state index in [0.717, 1.165) is 23.9 Å². The van der Waals surface area contributed by atoms with E-state index in [1.807, 2.05) is 30.1 Å². The van der Waals surface area contributed by atoms with Crippen LogP contribution in [0, 0.1) is 5.92 Å². The number of nitrogens with one attached hydrogen (secondary N) is 1. The molecule has 1 heterocycles. The Kier molecular flexibility index (Phi) is 5.64. The Labute approximate surface area is 90.5 Å². The summed E-state index contributed by atoms with van der Waals surface area (Å²) < 4.78 is 0. The van der Waals surface area contributed by atoms with Gasteiger partial charge in [0.15, 0.2) is 0 Å². The molecule has 0 saturated carbocycles. The van der Waals surface area contributed by atoms with Gasteiger partial charge >= 0.3 is 0 Å². The maximum atomic E-state index is 4.27. The van der Waals surface area contributed by atoms with Gasteiger partial charge in [-0.25, -0.2) is 4.98 Å². The summed E-state index contributed by atoms with van der Waals surface area (Å²) in [6, 6.07) is 6.04. The van der Waals surface area contributed by atoms with Crippen LogP contribution in [0.5, 0.6) is 0 Å². The van der Waals surface area contributed by atoms with E-state index in [2.05, 4.69) is 30.2 Å². The molecule has 0 aliphatic carbocycles. The fourth-order valence-corrected chi connectivity index (χ4v) is 1.99. The second kappa shape index (κ2) is 6.85. The Morgan fingerprint density at radius 2 is 2.36 bits per heavy atom. The molecule has 0 saturated heterocycles. The van der Waals surface area contributed by atoms with E-state index in [4.69, 9.17) is 0 Å². The summed E-state index contributed by atoms with van der Waals surface area (Å²) >= 11 is 1.83. The lowest BCUT2D eigenvalue weighted by molar-refractivity contribution is 0.573. The van der Waals surface area contributed by atoms with Gasteiger partial charge in [0, 0.05) is 11.9 Å². The van der Waals surface area contributed by atoms with Crippen molar-refractivity contribution < 1.29 is 0 Å². The van der Waals surface area contributed by atoms with Gasteiger partial charge in [-0.15, -0.1) is 11.8 Å². The molecule has 0 radical (unpaired) electrons. The van der Waals surface area contributed by atoms with Crippen LogP contribution in [-0.2, 0) is 0 Å². The monoisotopic (exact) mass is 210 g/mol. The first-order valence-corrected chi connectivity index (χ1v) is 6.06. The van der Waals surface area contributed by atoms with Crippen molar-refractivity contribution in [1.29, 1.82) is 0 Å². The molecule has 14 heavy (non-hydrogen) atoms. The van der Waals surface area contributed by atoms with E-state index in [9.17, 15) is 0 Å². The van der Waals surface area contributed by atoms with Gasteiger partial charge in [0.05, 0.1) is 5.03 Å². The van der Waals surface area contributed by atoms with Crippen molar-refractivity contribution in [2.24, 2.45) is 5.92 Å². The molecule has 1 N–H and O–H groups in total. The van der Waals surface area contributed by atoms with E-state index in [1.165, 1.54) is 0 Å². The maximum absolute atomic E-state index is 4.27. The standard InChI is InChI=1S/C11H18N2S/c1-3-12-8-10(2)9-14-11-6-4-5-7-13-11/h4-7,10,12H,3,8-9H2,1-2H3. The second-order valence-corrected chi connectivity index (χ2v) is 4.43. The first-order valence-electron chi connectivity index (χ1n) is 5.07. The van der Waals surface area contributed by atoms with Crippen LogP contribution in [0.4, 0.5) is 0 Å². The molecule has 1 aromatic heterocycles. The molecular weight excluding hydrogens is 192 g/mol. The van der Waals surface area contributed by atoms with Gasteiger partial charge in [-0.1, -0.05) is 19.9 Å². The molecule has 0 bridgehead atoms. The van der Waals surface area contributed by atoms with E-state index < -0.39 is 0 Å². The Hall–Kier alpha value is -0.540. The Morgan fingerprint density at radius 3 is 3.00 bits per heavy atom. The molecule has 0 spiro atoms. The van der Waals surface area contributed by atoms with Crippen LogP contribution in [0.2, 0.25) is 0 Å². The smallest absolute Gasteiger partial charge is 0.0959 e. The van der Waals surface area contributed by atoms with Crippen molar-refractivity contribution in [3.05, 3.63) is 24.4 Å². The topological polar surface area (TPSA) is 24.9 Å². The van der Waals surface area contributed by atoms with Crippen LogP contribution in [0.1, 0.15) is 13.8 Å². The minimum absolute atomic E-state index is 0.696. The van der Waals surface area contributed by atoms with Crippen molar-refractivity contribution in [1.82, 2.24) is 10.3 Å². The number of thioether (sulfide) groups is 1. The molecule has 0 fully saturated rings. The van der Waals surface area contributed by atoms with Crippen molar-refractivity contribution in [3.63, 3.8) is 0 Å². The third kappa shape index (κ3) is 4.63. The Balaban J connectivity index is 2.20. The SMILES string of the molecule is CCNCC(C)CSc1ccccn1. The summed E-state index contributed by atoms with van der Waals surface area (Å²) in [5.41, 5.74) is 0. The Morgan fingerprint density at radius 1 is 1.50 bits per heavy atom. The number of hydrogen-bond donors (Lipinski definition) is 1. The van der Waals surface area contributed by atoms with Gasteiger partial charge in [-0.05, 0) is 31.1 Å². The Bertz CT molecular complexity index is 238. The molecule has 1 atom stereocenters. The van der Waals surface area contributed by atoms with Gasteiger partial charge in [0.25, 0.3) is 0 Å². The van der Waals surface area contributed by atoms with E-state index >= 15 is 0 Å². The summed E-state index contributed by atoms with van der Waals surface area (Å²) in [4.78, 5) is 4.27. The molecule has 1 rings (SSSR count).